The van der Waals surface area contributed by atoms with E-state index >= 15 is 0 Å². The highest BCUT2D eigenvalue weighted by molar-refractivity contribution is 7.71. The minimum Gasteiger partial charge on any atom is -0.394 e. The van der Waals surface area contributed by atoms with Crippen LogP contribution in [-0.4, -0.2) is 260 Å². The molecule has 610 valence electrons. The van der Waals surface area contributed by atoms with Crippen molar-refractivity contribution in [2.24, 2.45) is 28.7 Å². The minimum atomic E-state index is -2.96. The van der Waals surface area contributed by atoms with Crippen LogP contribution in [0.3, 0.4) is 0 Å². The Labute approximate surface area is 665 Å². The number of aromatic nitrogens is 18. The number of hydrogen-bond donors (Lipinski definition) is 24. The van der Waals surface area contributed by atoms with E-state index in [1.54, 1.807) is 0 Å². The van der Waals surface area contributed by atoms with Crippen molar-refractivity contribution in [1.82, 2.24) is 87.6 Å². The predicted octanol–water partition coefficient (Wildman–Crippen LogP) is -8.21. The topological polar surface area (TPSA) is 764 Å². The smallest absolute Gasteiger partial charge is 0.280 e. The quantitative estimate of drug-likeness (QED) is 0.0447. The number of nitrogens with zero attached hydrogens (tertiary/aromatic N) is 14. The fourth-order valence-electron chi connectivity index (χ4n) is 13.2. The van der Waals surface area contributed by atoms with E-state index in [0.717, 1.165) is 10.8 Å². The molecular weight excluding hydrogens is 1540 g/mol. The lowest BCUT2D eigenvalue weighted by Crippen LogP contribution is -2.53. The maximum Gasteiger partial charge on any atom is 0.280 e. The van der Waals surface area contributed by atoms with E-state index in [1.165, 1.54) is 90.3 Å². The van der Waals surface area contributed by atoms with Crippen LogP contribution in [0.5, 0.6) is 0 Å². The second kappa shape index (κ2) is 33.1. The number of ether oxygens (including phenoxy) is 5. The molecule has 15 heterocycles. The first-order chi connectivity index (χ1) is 58.0. The standard InChI is InChI=1S/C14H16FN5O4.C14H17N5O4.C13H16N6O4.C13H16N6O3S.C13H16N6O3/c1-2-3-14(17)9(22)7(5-21)24-12(14)20-4-6(15)8-10(20)18-13(16)19-11(8)23;1-2-4-14(16)9(21)8(6-20)23-12(14)19-5-3-7-10(19)17-13(15)18-11(7)22;1-2-3-13(15)8(21)6(4-20)23-11(13)19-5-16-7-9(19)17-12(14)18-10(7)22;1-2-3-13(15)8(21)6(4-20)22-11(13)19-5-16-7-9(19)17-12(14)18-10(7)23;1-2-3-13(15)9(21)8(5-20)22-11(13)19-6-17-7-4-16-12(14)18-10(7)19/h4,7,9,12,21-22H,5,17H2,1H3,(H3,16,18,19,23);3,5,8-9,12,20-21H,6,16H2,1H3,(H3,15,17,18,22);5-6,8,11,20-21H,4,15H2,1H3,(H3,14,17,18,22);5-6,8,11,20-21H,4,15H2,1H3,(H3,14,17,18,23);4,6,8-9,11,20-21H,5,15H2,1H3,(H2,14,16,18)/t7-,9+,12-,14?;8-,9+,12-,14?;2*6-,8+,11-,13?;8-,9+,11-,13?/m11111/s1/i5D2;6D2;2*4D2;5D2. The van der Waals surface area contributed by atoms with Gasteiger partial charge in [0.05, 0.1) is 77.1 Å². The van der Waals surface area contributed by atoms with Gasteiger partial charge >= 0.3 is 0 Å². The molecule has 34 N–H and O–H groups in total. The summed E-state index contributed by atoms with van der Waals surface area (Å²) in [5, 5.41) is 100. The van der Waals surface area contributed by atoms with Crippen molar-refractivity contribution in [3.63, 3.8) is 0 Å². The lowest BCUT2D eigenvalue weighted by molar-refractivity contribution is -0.0447. The van der Waals surface area contributed by atoms with Crippen LogP contribution in [0.4, 0.5) is 34.1 Å². The van der Waals surface area contributed by atoms with Gasteiger partial charge < -0.3 is 142 Å². The molecule has 10 aromatic heterocycles. The third-order valence-corrected chi connectivity index (χ3v) is 18.7. The summed E-state index contributed by atoms with van der Waals surface area (Å²) in [7, 11) is 0. The van der Waals surface area contributed by atoms with E-state index in [9.17, 15) is 69.8 Å². The lowest BCUT2D eigenvalue weighted by Gasteiger charge is -2.28. The number of halogens is 1. The first-order valence-electron chi connectivity index (χ1n) is 38.2. The van der Waals surface area contributed by atoms with Crippen LogP contribution < -0.4 is 74.0 Å². The molecule has 10 aromatic rings. The van der Waals surface area contributed by atoms with Crippen molar-refractivity contribution < 1.29 is 92.8 Å². The van der Waals surface area contributed by atoms with Gasteiger partial charge in [0.2, 0.25) is 23.8 Å². The summed E-state index contributed by atoms with van der Waals surface area (Å²) in [5.41, 5.74) is 49.3. The first-order valence-corrected chi connectivity index (χ1v) is 33.6. The van der Waals surface area contributed by atoms with E-state index in [1.807, 2.05) is 0 Å². The molecule has 5 unspecified atom stereocenters. The maximum atomic E-state index is 14.3. The number of imidazole rings is 3. The predicted molar refractivity (Wildman–Crippen MR) is 406 cm³/mol. The summed E-state index contributed by atoms with van der Waals surface area (Å²) < 4.78 is 123. The number of aliphatic hydroxyl groups excluding tert-OH is 5. The molecule has 48 heteroatoms. The van der Waals surface area contributed by atoms with Crippen molar-refractivity contribution >= 4 is 97.5 Å². The number of nitrogen functional groups attached to an aromatic ring is 5. The minimum absolute atomic E-state index is 0.000954. The number of nitrogens with one attached hydrogen (secondary N) is 4. The molecule has 5 aliphatic heterocycles. The fourth-order valence-corrected chi connectivity index (χ4v) is 13.4. The van der Waals surface area contributed by atoms with Crippen LogP contribution in [0.15, 0.2) is 58.0 Å². The van der Waals surface area contributed by atoms with Crippen LogP contribution in [0.25, 0.3) is 55.6 Å². The van der Waals surface area contributed by atoms with Gasteiger partial charge in [0, 0.05) is 12.4 Å². The Morgan fingerprint density at radius 1 is 0.470 bits per heavy atom. The molecule has 20 atom stereocenters. The zero-order chi connectivity index (χ0) is 92.8. The SMILES string of the molecule is [2H]C([2H])(O)[C@H]1O[C@@H](n2cc(F)c3c(=O)[nH]c(N)nc32)C(N)(C#CC)[C@H]1O.[2H]C([2H])(O)[C@H]1O[C@@H](n2ccc3c(=O)[nH]c(N)nc32)C(N)(C#CC)[C@H]1O.[2H]C([2H])(O)[C@H]1O[C@@H](n2cnc3c(=O)[nH]c(N)nc32)C(N)(C#CC)[C@H]1O.[2H]C([2H])(O)[C@H]1O[C@@H](n2cnc3c(=S)nc(N)[nH]c32)C(N)(C#CC)[C@H]1O.[2H]C([2H])(O)[C@H]1O[C@@H](n2cnc3cnc(N)nc32)C(N)(C#CC)[C@H]1O. The van der Waals surface area contributed by atoms with Gasteiger partial charge in [0.1, 0.15) is 83.1 Å². The first kappa shape index (κ1) is 71.2. The summed E-state index contributed by atoms with van der Waals surface area (Å²) in [6.45, 7) is -6.92. The van der Waals surface area contributed by atoms with E-state index in [4.69, 9.17) is 107 Å². The number of aromatic amines is 4. The molecule has 15 rings (SSSR count). The van der Waals surface area contributed by atoms with E-state index in [0.29, 0.717) is 16.7 Å². The molecule has 115 heavy (non-hydrogen) atoms. The average molecular weight is 1630 g/mol. The van der Waals surface area contributed by atoms with Crippen molar-refractivity contribution in [2.45, 2.75) is 154 Å². The molecule has 46 nitrogen and oxygen atoms in total. The Morgan fingerprint density at radius 3 is 1.29 bits per heavy atom. The Kier molecular flexibility index (Phi) is 20.5. The molecular formula is C67H81FN28O18S. The second-order valence-electron chi connectivity index (χ2n) is 25.5. The highest BCUT2D eigenvalue weighted by atomic mass is 32.1. The summed E-state index contributed by atoms with van der Waals surface area (Å²) in [5.74, 6) is 24.3. The molecule has 0 spiro atoms. The van der Waals surface area contributed by atoms with Gasteiger partial charge in [0.15, 0.2) is 103 Å². The van der Waals surface area contributed by atoms with Gasteiger partial charge in [-0.15, -0.1) is 29.6 Å². The number of rotatable bonds is 10. The van der Waals surface area contributed by atoms with Gasteiger partial charge in [-0.25, -0.2) is 29.3 Å². The van der Waals surface area contributed by atoms with Crippen molar-refractivity contribution in [3.8, 4) is 59.2 Å². The molecule has 0 aromatic carbocycles. The molecule has 0 radical (unpaired) electrons. The molecule has 5 fully saturated rings. The number of aliphatic hydroxyl groups is 10. The zero-order valence-electron chi connectivity index (χ0n) is 70.3. The van der Waals surface area contributed by atoms with Crippen LogP contribution in [-0.2, 0) is 23.7 Å². The molecule has 5 saturated heterocycles. The third-order valence-electron chi connectivity index (χ3n) is 18.4. The van der Waals surface area contributed by atoms with Crippen molar-refractivity contribution in [3.05, 3.63) is 85.2 Å². The number of hydrogen-bond acceptors (Lipinski definition) is 38. The highest BCUT2D eigenvalue weighted by Gasteiger charge is 2.59. The average Bonchev–Trinajstić information content (AvgIpc) is 1.60. The number of anilines is 5. The highest BCUT2D eigenvalue weighted by Crippen LogP contribution is 2.43. The summed E-state index contributed by atoms with van der Waals surface area (Å²) in [4.78, 5) is 81.2. The molecule has 0 aliphatic carbocycles. The summed E-state index contributed by atoms with van der Waals surface area (Å²) >= 11 is 5.11. The summed E-state index contributed by atoms with van der Waals surface area (Å²) in [6.07, 6.45) is -15.3. The largest absolute Gasteiger partial charge is 0.394 e. The lowest BCUT2D eigenvalue weighted by atomic mass is 9.91. The Morgan fingerprint density at radius 2 is 0.835 bits per heavy atom. The van der Waals surface area contributed by atoms with Gasteiger partial charge in [-0.05, 0) is 40.7 Å². The molecule has 0 saturated carbocycles. The summed E-state index contributed by atoms with van der Waals surface area (Å²) in [6, 6.07) is 1.46. The maximum absolute atomic E-state index is 14.3. The van der Waals surface area contributed by atoms with Crippen LogP contribution in [0.1, 0.15) is 79.5 Å². The number of fused-ring (bicyclic) bond motifs is 5. The van der Waals surface area contributed by atoms with Crippen LogP contribution in [0.2, 0.25) is 0 Å². The van der Waals surface area contributed by atoms with Gasteiger partial charge in [-0.1, -0.05) is 41.8 Å². The number of nitrogens with two attached hydrogens (primary N) is 10. The second-order valence-corrected chi connectivity index (χ2v) is 25.9. The van der Waals surface area contributed by atoms with E-state index < -0.39 is 181 Å². The Hall–Kier alpha value is -11.6. The van der Waals surface area contributed by atoms with Crippen molar-refractivity contribution in [2.75, 3.05) is 61.5 Å². The molecule has 0 bridgehead atoms. The van der Waals surface area contributed by atoms with E-state index in [-0.39, 0.29) is 67.9 Å². The van der Waals surface area contributed by atoms with Crippen molar-refractivity contribution in [1.29, 1.82) is 0 Å². The third kappa shape index (κ3) is 14.9. The Balaban J connectivity index is 0.000000152. The monoisotopic (exact) mass is 1630 g/mol. The van der Waals surface area contributed by atoms with Gasteiger partial charge in [0.25, 0.3) is 16.7 Å². The number of H-pyrrole nitrogens is 4. The Bertz CT molecular complexity index is 6070. The zero-order valence-corrected chi connectivity index (χ0v) is 61.1. The fraction of sp³-hybridized carbons (Fsp3) is 0.448. The van der Waals surface area contributed by atoms with Crippen LogP contribution in [0, 0.1) is 69.7 Å². The molecule has 0 amide bonds. The molecule has 5 aliphatic rings. The van der Waals surface area contributed by atoms with Gasteiger partial charge in [-0.3, -0.25) is 47.6 Å². The van der Waals surface area contributed by atoms with Crippen LogP contribution >= 0.6 is 12.2 Å². The normalized spacial score (nSPS) is 32.3. The van der Waals surface area contributed by atoms with Gasteiger partial charge in [-0.2, -0.15) is 19.9 Å². The van der Waals surface area contributed by atoms with E-state index in [2.05, 4.69) is 124 Å².